The highest BCUT2D eigenvalue weighted by molar-refractivity contribution is 9.10. The number of phenolic OH excluding ortho intramolecular Hbond substituents is 1. The molecule has 0 unspecified atom stereocenters. The van der Waals surface area contributed by atoms with Crippen molar-refractivity contribution in [3.63, 3.8) is 0 Å². The summed E-state index contributed by atoms with van der Waals surface area (Å²) in [4.78, 5) is 0. The lowest BCUT2D eigenvalue weighted by atomic mass is 10.2. The third-order valence-corrected chi connectivity index (χ3v) is 3.86. The van der Waals surface area contributed by atoms with E-state index in [-0.39, 0.29) is 5.75 Å². The first-order valence-corrected chi connectivity index (χ1v) is 7.38. The Kier molecular flexibility index (Phi) is 3.97. The van der Waals surface area contributed by atoms with Gasteiger partial charge in [-0.25, -0.2) is 4.68 Å². The van der Waals surface area contributed by atoms with Crippen molar-refractivity contribution in [3.8, 4) is 5.75 Å². The summed E-state index contributed by atoms with van der Waals surface area (Å²) in [6.45, 7) is 0.584. The summed E-state index contributed by atoms with van der Waals surface area (Å²) in [6.07, 6.45) is 3.26. The van der Waals surface area contributed by atoms with Gasteiger partial charge in [-0.1, -0.05) is 6.07 Å². The number of hydrogen-bond donors (Lipinski definition) is 2. The van der Waals surface area contributed by atoms with Crippen LogP contribution in [0.3, 0.4) is 0 Å². The fourth-order valence-corrected chi connectivity index (χ4v) is 2.52. The van der Waals surface area contributed by atoms with Gasteiger partial charge in [-0.2, -0.15) is 0 Å². The average Bonchev–Trinajstić information content (AvgIpc) is 3.03. The molecule has 1 aromatic heterocycles. The highest BCUT2D eigenvalue weighted by Crippen LogP contribution is 2.26. The van der Waals surface area contributed by atoms with Gasteiger partial charge in [0.15, 0.2) is 0 Å². The molecule has 3 rings (SSSR count). The van der Waals surface area contributed by atoms with E-state index in [0.717, 1.165) is 11.3 Å². The molecule has 0 spiro atoms. The van der Waals surface area contributed by atoms with Crippen LogP contribution in [0, 0.1) is 0 Å². The lowest BCUT2D eigenvalue weighted by Gasteiger charge is -2.25. The van der Waals surface area contributed by atoms with E-state index in [9.17, 15) is 5.11 Å². The molecular weight excluding hydrogens is 346 g/mol. The molecule has 112 valence electrons. The average molecular weight is 360 g/mol. The van der Waals surface area contributed by atoms with Crippen LogP contribution >= 0.6 is 15.9 Å². The Balaban J connectivity index is 1.95. The summed E-state index contributed by atoms with van der Waals surface area (Å²) < 4.78 is 2.46. The molecule has 0 aliphatic heterocycles. The molecule has 2 aromatic carbocycles. The Hall–Kier alpha value is -2.54. The van der Waals surface area contributed by atoms with Gasteiger partial charge in [-0.05, 0) is 57.9 Å². The van der Waals surface area contributed by atoms with E-state index in [4.69, 9.17) is 5.73 Å². The van der Waals surface area contributed by atoms with Crippen molar-refractivity contribution in [1.82, 2.24) is 14.9 Å². The molecule has 0 saturated heterocycles. The summed E-state index contributed by atoms with van der Waals surface area (Å²) in [6, 6.07) is 13.0. The SMILES string of the molecule is Nc1ccc(N(Cc2ccc(O)c(Br)c2)n2cnnc2)cc1. The van der Waals surface area contributed by atoms with Crippen molar-refractivity contribution in [3.05, 3.63) is 65.2 Å². The smallest absolute Gasteiger partial charge is 0.139 e. The lowest BCUT2D eigenvalue weighted by molar-refractivity contribution is 0.471. The zero-order valence-corrected chi connectivity index (χ0v) is 13.2. The number of phenols is 1. The minimum absolute atomic E-state index is 0.215. The van der Waals surface area contributed by atoms with E-state index in [1.165, 1.54) is 0 Å². The van der Waals surface area contributed by atoms with Crippen molar-refractivity contribution in [2.24, 2.45) is 0 Å². The van der Waals surface area contributed by atoms with E-state index in [0.29, 0.717) is 16.7 Å². The molecule has 7 heteroatoms. The minimum atomic E-state index is 0.215. The molecule has 3 N–H and O–H groups in total. The monoisotopic (exact) mass is 359 g/mol. The minimum Gasteiger partial charge on any atom is -0.507 e. The Bertz CT molecular complexity index is 758. The number of halogens is 1. The number of nitrogens with zero attached hydrogens (tertiary/aromatic N) is 4. The second-order valence-electron chi connectivity index (χ2n) is 4.78. The van der Waals surface area contributed by atoms with Crippen LogP contribution in [0.4, 0.5) is 11.4 Å². The van der Waals surface area contributed by atoms with E-state index >= 15 is 0 Å². The maximum atomic E-state index is 9.61. The Morgan fingerprint density at radius 3 is 2.41 bits per heavy atom. The van der Waals surface area contributed by atoms with Gasteiger partial charge < -0.3 is 10.8 Å². The normalized spacial score (nSPS) is 10.6. The van der Waals surface area contributed by atoms with Gasteiger partial charge in [0.1, 0.15) is 18.4 Å². The van der Waals surface area contributed by atoms with Gasteiger partial charge >= 0.3 is 0 Å². The van der Waals surface area contributed by atoms with Crippen molar-refractivity contribution in [2.45, 2.75) is 6.54 Å². The largest absolute Gasteiger partial charge is 0.507 e. The zero-order valence-electron chi connectivity index (χ0n) is 11.6. The summed E-state index contributed by atoms with van der Waals surface area (Å²) in [5.41, 5.74) is 8.44. The summed E-state index contributed by atoms with van der Waals surface area (Å²) >= 11 is 3.33. The quantitative estimate of drug-likeness (QED) is 0.700. The molecule has 3 aromatic rings. The van der Waals surface area contributed by atoms with Gasteiger partial charge in [0.05, 0.1) is 16.7 Å². The van der Waals surface area contributed by atoms with Gasteiger partial charge in [-0.15, -0.1) is 10.2 Å². The Labute approximate surface area is 135 Å². The fourth-order valence-electron chi connectivity index (χ4n) is 2.09. The van der Waals surface area contributed by atoms with Crippen LogP contribution in [-0.2, 0) is 6.54 Å². The number of hydrogen-bond acceptors (Lipinski definition) is 5. The van der Waals surface area contributed by atoms with Crippen LogP contribution in [-0.4, -0.2) is 20.0 Å². The van der Waals surface area contributed by atoms with Crippen LogP contribution in [0.2, 0.25) is 0 Å². The highest BCUT2D eigenvalue weighted by atomic mass is 79.9. The molecule has 0 aliphatic rings. The molecule has 0 fully saturated rings. The number of nitrogens with two attached hydrogens (primary N) is 1. The van der Waals surface area contributed by atoms with Crippen molar-refractivity contribution in [2.75, 3.05) is 10.7 Å². The van der Waals surface area contributed by atoms with E-state index in [1.807, 2.05) is 41.4 Å². The fraction of sp³-hybridized carbons (Fsp3) is 0.0667. The summed E-state index contributed by atoms with van der Waals surface area (Å²) in [5, 5.41) is 19.3. The molecule has 22 heavy (non-hydrogen) atoms. The number of nitrogen functional groups attached to an aromatic ring is 1. The second kappa shape index (κ2) is 6.07. The number of anilines is 2. The van der Waals surface area contributed by atoms with Gasteiger partial charge in [0, 0.05) is 5.69 Å². The second-order valence-corrected chi connectivity index (χ2v) is 5.63. The number of aromatic nitrogens is 3. The molecule has 0 aliphatic carbocycles. The zero-order chi connectivity index (χ0) is 15.5. The predicted molar refractivity (Wildman–Crippen MR) is 88.3 cm³/mol. The third-order valence-electron chi connectivity index (χ3n) is 3.22. The van der Waals surface area contributed by atoms with Gasteiger partial charge in [0.25, 0.3) is 0 Å². The van der Waals surface area contributed by atoms with E-state index < -0.39 is 0 Å². The molecule has 0 saturated carbocycles. The third kappa shape index (κ3) is 3.04. The molecule has 0 bridgehead atoms. The summed E-state index contributed by atoms with van der Waals surface area (Å²) in [5.74, 6) is 0.215. The molecule has 6 nitrogen and oxygen atoms in total. The van der Waals surface area contributed by atoms with E-state index in [2.05, 4.69) is 26.1 Å². The van der Waals surface area contributed by atoms with Gasteiger partial charge in [-0.3, -0.25) is 5.01 Å². The first-order chi connectivity index (χ1) is 10.6. The van der Waals surface area contributed by atoms with Crippen LogP contribution in [0.5, 0.6) is 5.75 Å². The van der Waals surface area contributed by atoms with Crippen molar-refractivity contribution in [1.29, 1.82) is 0 Å². The first kappa shape index (κ1) is 14.4. The van der Waals surface area contributed by atoms with Crippen LogP contribution < -0.4 is 10.7 Å². The van der Waals surface area contributed by atoms with E-state index in [1.54, 1.807) is 23.4 Å². The van der Waals surface area contributed by atoms with Crippen LogP contribution in [0.1, 0.15) is 5.56 Å². The van der Waals surface area contributed by atoms with Crippen LogP contribution in [0.15, 0.2) is 59.6 Å². The van der Waals surface area contributed by atoms with Crippen LogP contribution in [0.25, 0.3) is 0 Å². The standard InChI is InChI=1S/C15H14BrN5O/c16-14-7-11(1-6-15(14)22)8-21(20-9-18-19-10-20)13-4-2-12(17)3-5-13/h1-7,9-10,22H,8,17H2. The number of rotatable bonds is 4. The topological polar surface area (TPSA) is 80.2 Å². The lowest BCUT2D eigenvalue weighted by Crippen LogP contribution is -2.27. The van der Waals surface area contributed by atoms with Crippen molar-refractivity contribution >= 4 is 27.3 Å². The van der Waals surface area contributed by atoms with Gasteiger partial charge in [0.2, 0.25) is 0 Å². The Morgan fingerprint density at radius 1 is 1.09 bits per heavy atom. The molecule has 0 atom stereocenters. The first-order valence-electron chi connectivity index (χ1n) is 6.59. The predicted octanol–water partition coefficient (Wildman–Crippen LogP) is 2.80. The highest BCUT2D eigenvalue weighted by Gasteiger charge is 2.11. The summed E-state index contributed by atoms with van der Waals surface area (Å²) in [7, 11) is 0. The molecule has 0 radical (unpaired) electrons. The number of aromatic hydroxyl groups is 1. The Morgan fingerprint density at radius 2 is 1.77 bits per heavy atom. The maximum absolute atomic E-state index is 9.61. The molecule has 1 heterocycles. The number of benzene rings is 2. The molecular formula is C15H14BrN5O. The molecule has 0 amide bonds. The maximum Gasteiger partial charge on any atom is 0.139 e. The van der Waals surface area contributed by atoms with Crippen molar-refractivity contribution < 1.29 is 5.11 Å².